The number of carbonyl (C=O) groups excluding carboxylic acids is 1. The third-order valence-electron chi connectivity index (χ3n) is 2.73. The Labute approximate surface area is 137 Å². The van der Waals surface area contributed by atoms with Crippen LogP contribution in [0.2, 0.25) is 0 Å². The normalized spacial score (nSPS) is 10.2. The molecule has 0 aromatic heterocycles. The number of rotatable bonds is 7. The third-order valence-corrected chi connectivity index (χ3v) is 4.40. The Hall–Kier alpha value is -1.27. The molecule has 0 unspecified atom stereocenters. The maximum absolute atomic E-state index is 12.1. The summed E-state index contributed by atoms with van der Waals surface area (Å²) in [6.07, 6.45) is 0. The molecular formula is C15H18BrNO3S. The number of carboxylic acids is 1. The first-order valence-electron chi connectivity index (χ1n) is 6.43. The van der Waals surface area contributed by atoms with Gasteiger partial charge in [0.2, 0.25) is 5.91 Å². The van der Waals surface area contributed by atoms with Gasteiger partial charge in [-0.25, -0.2) is 4.79 Å². The smallest absolute Gasteiger partial charge is 0.336 e. The van der Waals surface area contributed by atoms with Crippen LogP contribution in [0.4, 0.5) is 0 Å². The molecule has 0 aliphatic rings. The van der Waals surface area contributed by atoms with Gasteiger partial charge in [0.15, 0.2) is 0 Å². The van der Waals surface area contributed by atoms with Crippen LogP contribution < -0.4 is 0 Å². The first kappa shape index (κ1) is 17.8. The second-order valence-electron chi connectivity index (χ2n) is 4.60. The van der Waals surface area contributed by atoms with E-state index in [4.69, 9.17) is 5.11 Å². The number of aromatic carboxylic acids is 1. The van der Waals surface area contributed by atoms with Gasteiger partial charge in [-0.15, -0.1) is 11.8 Å². The summed E-state index contributed by atoms with van der Waals surface area (Å²) in [5, 5.41) is 9.07. The second kappa shape index (κ2) is 8.24. The van der Waals surface area contributed by atoms with Gasteiger partial charge in [-0.2, -0.15) is 0 Å². The zero-order valence-electron chi connectivity index (χ0n) is 12.1. The van der Waals surface area contributed by atoms with E-state index in [1.165, 1.54) is 11.8 Å². The van der Waals surface area contributed by atoms with E-state index in [0.717, 1.165) is 10.5 Å². The van der Waals surface area contributed by atoms with Gasteiger partial charge in [0.1, 0.15) is 0 Å². The highest BCUT2D eigenvalue weighted by molar-refractivity contribution is 9.10. The third kappa shape index (κ3) is 5.55. The van der Waals surface area contributed by atoms with E-state index in [-0.39, 0.29) is 17.2 Å². The molecule has 114 valence electrons. The van der Waals surface area contributed by atoms with Crippen LogP contribution in [0.3, 0.4) is 0 Å². The van der Waals surface area contributed by atoms with E-state index in [0.29, 0.717) is 17.6 Å². The highest BCUT2D eigenvalue weighted by atomic mass is 79.9. The average Bonchev–Trinajstić information content (AvgIpc) is 2.42. The predicted octanol–water partition coefficient (Wildman–Crippen LogP) is 3.66. The summed E-state index contributed by atoms with van der Waals surface area (Å²) in [4.78, 5) is 25.7. The predicted molar refractivity (Wildman–Crippen MR) is 88.9 cm³/mol. The average molecular weight is 372 g/mol. The summed E-state index contributed by atoms with van der Waals surface area (Å²) in [5.41, 5.74) is 1.13. The van der Waals surface area contributed by atoms with Gasteiger partial charge in [-0.1, -0.05) is 12.2 Å². The number of hydrogen-bond acceptors (Lipinski definition) is 3. The zero-order valence-corrected chi connectivity index (χ0v) is 14.5. The maximum Gasteiger partial charge on any atom is 0.336 e. The molecular weight excluding hydrogens is 354 g/mol. The Morgan fingerprint density at radius 2 is 2.10 bits per heavy atom. The number of nitrogens with zero attached hydrogens (tertiary/aromatic N) is 1. The van der Waals surface area contributed by atoms with Crippen molar-refractivity contribution < 1.29 is 14.7 Å². The minimum Gasteiger partial charge on any atom is -0.478 e. The Morgan fingerprint density at radius 3 is 2.62 bits per heavy atom. The van der Waals surface area contributed by atoms with Crippen LogP contribution in [0.25, 0.3) is 0 Å². The van der Waals surface area contributed by atoms with Crippen molar-refractivity contribution in [3.05, 3.63) is 40.4 Å². The lowest BCUT2D eigenvalue weighted by Gasteiger charge is -2.20. The van der Waals surface area contributed by atoms with Crippen molar-refractivity contribution >= 4 is 39.6 Å². The highest BCUT2D eigenvalue weighted by Crippen LogP contribution is 2.25. The van der Waals surface area contributed by atoms with E-state index in [1.807, 2.05) is 13.8 Å². The molecule has 6 heteroatoms. The van der Waals surface area contributed by atoms with Crippen molar-refractivity contribution in [1.82, 2.24) is 4.90 Å². The summed E-state index contributed by atoms with van der Waals surface area (Å²) in [5.74, 6) is -0.694. The van der Waals surface area contributed by atoms with E-state index in [9.17, 15) is 9.59 Å². The summed E-state index contributed by atoms with van der Waals surface area (Å²) in [6, 6.07) is 5.05. The largest absolute Gasteiger partial charge is 0.478 e. The van der Waals surface area contributed by atoms with Crippen LogP contribution in [-0.4, -0.2) is 40.7 Å². The second-order valence-corrected chi connectivity index (χ2v) is 6.50. The summed E-state index contributed by atoms with van der Waals surface area (Å²) in [6.45, 7) is 8.81. The van der Waals surface area contributed by atoms with Gasteiger partial charge in [0, 0.05) is 22.5 Å². The molecule has 0 aliphatic carbocycles. The molecule has 1 aromatic rings. The fraction of sp³-hybridized carbons (Fsp3) is 0.333. The Bertz CT molecular complexity index is 560. The highest BCUT2D eigenvalue weighted by Gasteiger charge is 2.14. The quantitative estimate of drug-likeness (QED) is 0.586. The number of amides is 1. The van der Waals surface area contributed by atoms with E-state index < -0.39 is 5.97 Å². The Kier molecular flexibility index (Phi) is 6.98. The molecule has 0 atom stereocenters. The summed E-state index contributed by atoms with van der Waals surface area (Å²) in [7, 11) is 0. The van der Waals surface area contributed by atoms with Crippen LogP contribution in [0.15, 0.2) is 39.7 Å². The number of carboxylic acid groups (broad SMARTS) is 1. The molecule has 0 saturated carbocycles. The van der Waals surface area contributed by atoms with E-state index in [1.54, 1.807) is 23.1 Å². The first-order valence-corrected chi connectivity index (χ1v) is 8.20. The van der Waals surface area contributed by atoms with Gasteiger partial charge >= 0.3 is 5.97 Å². The standard InChI is InChI=1S/C15H18BrNO3S/c1-4-17(8-10(2)3)14(18)9-21-11-5-6-13(16)12(7-11)15(19)20/h5-7H,2,4,8-9H2,1,3H3,(H,19,20). The van der Waals surface area contributed by atoms with E-state index >= 15 is 0 Å². The van der Waals surface area contributed by atoms with Crippen molar-refractivity contribution in [1.29, 1.82) is 0 Å². The van der Waals surface area contributed by atoms with Crippen LogP contribution >= 0.6 is 27.7 Å². The lowest BCUT2D eigenvalue weighted by Crippen LogP contribution is -2.33. The van der Waals surface area contributed by atoms with E-state index in [2.05, 4.69) is 22.5 Å². The van der Waals surface area contributed by atoms with Crippen LogP contribution in [0, 0.1) is 0 Å². The lowest BCUT2D eigenvalue weighted by molar-refractivity contribution is -0.127. The van der Waals surface area contributed by atoms with Gasteiger partial charge in [-0.3, -0.25) is 4.79 Å². The molecule has 0 fully saturated rings. The molecule has 1 amide bonds. The number of halogens is 1. The minimum absolute atomic E-state index is 0.0188. The molecule has 1 aromatic carbocycles. The molecule has 21 heavy (non-hydrogen) atoms. The molecule has 1 N–H and O–H groups in total. The van der Waals surface area contributed by atoms with Crippen molar-refractivity contribution in [3.8, 4) is 0 Å². The molecule has 0 saturated heterocycles. The van der Waals surface area contributed by atoms with Gasteiger partial charge in [0.25, 0.3) is 0 Å². The molecule has 0 aliphatic heterocycles. The van der Waals surface area contributed by atoms with Crippen molar-refractivity contribution in [2.75, 3.05) is 18.8 Å². The van der Waals surface area contributed by atoms with Crippen molar-refractivity contribution in [3.63, 3.8) is 0 Å². The lowest BCUT2D eigenvalue weighted by atomic mass is 10.2. The molecule has 0 bridgehead atoms. The molecule has 0 radical (unpaired) electrons. The zero-order chi connectivity index (χ0) is 16.0. The maximum atomic E-state index is 12.1. The van der Waals surface area contributed by atoms with Crippen LogP contribution in [0.5, 0.6) is 0 Å². The molecule has 0 spiro atoms. The number of benzene rings is 1. The summed E-state index contributed by atoms with van der Waals surface area (Å²) < 4.78 is 0.531. The number of likely N-dealkylation sites (N-methyl/N-ethyl adjacent to an activating group) is 1. The fourth-order valence-corrected chi connectivity index (χ4v) is 2.95. The first-order chi connectivity index (χ1) is 9.85. The van der Waals surface area contributed by atoms with Crippen molar-refractivity contribution in [2.45, 2.75) is 18.7 Å². The molecule has 1 rings (SSSR count). The Morgan fingerprint density at radius 1 is 1.43 bits per heavy atom. The number of hydrogen-bond donors (Lipinski definition) is 1. The topological polar surface area (TPSA) is 57.6 Å². The van der Waals surface area contributed by atoms with Gasteiger partial charge in [0.05, 0.1) is 11.3 Å². The number of carbonyl (C=O) groups is 2. The number of thioether (sulfide) groups is 1. The molecule has 4 nitrogen and oxygen atoms in total. The monoisotopic (exact) mass is 371 g/mol. The SMILES string of the molecule is C=C(C)CN(CC)C(=O)CSc1ccc(Br)c(C(=O)O)c1. The van der Waals surface area contributed by atoms with Crippen LogP contribution in [-0.2, 0) is 4.79 Å². The van der Waals surface area contributed by atoms with Crippen molar-refractivity contribution in [2.24, 2.45) is 0 Å². The van der Waals surface area contributed by atoms with Gasteiger partial charge in [-0.05, 0) is 48.0 Å². The van der Waals surface area contributed by atoms with Gasteiger partial charge < -0.3 is 10.0 Å². The van der Waals surface area contributed by atoms with Crippen LogP contribution in [0.1, 0.15) is 24.2 Å². The minimum atomic E-state index is -0.992. The molecule has 0 heterocycles. The summed E-state index contributed by atoms with van der Waals surface area (Å²) >= 11 is 4.53. The Balaban J connectivity index is 2.70. The fourth-order valence-electron chi connectivity index (χ4n) is 1.70.